The molecular formula is C13H22N2O2. The lowest BCUT2D eigenvalue weighted by atomic mass is 9.94. The van der Waals surface area contributed by atoms with Crippen molar-refractivity contribution in [2.75, 3.05) is 13.2 Å². The molecule has 0 aliphatic carbocycles. The molecule has 1 aromatic heterocycles. The van der Waals surface area contributed by atoms with Gasteiger partial charge in [0.2, 0.25) is 5.91 Å². The van der Waals surface area contributed by atoms with Crippen LogP contribution in [0, 0.1) is 5.41 Å². The van der Waals surface area contributed by atoms with Crippen molar-refractivity contribution in [3.05, 3.63) is 24.0 Å². The van der Waals surface area contributed by atoms with Crippen LogP contribution in [0.3, 0.4) is 0 Å². The second kappa shape index (κ2) is 5.36. The van der Waals surface area contributed by atoms with Crippen molar-refractivity contribution in [2.45, 2.75) is 27.3 Å². The molecule has 17 heavy (non-hydrogen) atoms. The number of hydrogen-bond acceptors (Lipinski definition) is 2. The Morgan fingerprint density at radius 1 is 1.47 bits per heavy atom. The van der Waals surface area contributed by atoms with Gasteiger partial charge in [0.05, 0.1) is 13.2 Å². The van der Waals surface area contributed by atoms with Gasteiger partial charge in [0.25, 0.3) is 0 Å². The van der Waals surface area contributed by atoms with Crippen LogP contribution in [0.15, 0.2) is 18.3 Å². The fraction of sp³-hybridized carbons (Fsp3) is 0.615. The molecule has 0 fully saturated rings. The van der Waals surface area contributed by atoms with E-state index in [-0.39, 0.29) is 12.5 Å². The van der Waals surface area contributed by atoms with E-state index in [4.69, 9.17) is 5.11 Å². The van der Waals surface area contributed by atoms with E-state index in [2.05, 4.69) is 0 Å². The Kier molecular flexibility index (Phi) is 4.34. The van der Waals surface area contributed by atoms with Crippen LogP contribution in [0.2, 0.25) is 0 Å². The van der Waals surface area contributed by atoms with Gasteiger partial charge in [-0.15, -0.1) is 0 Å². The van der Waals surface area contributed by atoms with Gasteiger partial charge in [-0.25, -0.2) is 0 Å². The Morgan fingerprint density at radius 3 is 2.53 bits per heavy atom. The zero-order valence-electron chi connectivity index (χ0n) is 11.1. The topological polar surface area (TPSA) is 45.5 Å². The minimum Gasteiger partial charge on any atom is -0.395 e. The number of amides is 1. The highest BCUT2D eigenvalue weighted by Gasteiger charge is 2.27. The predicted molar refractivity (Wildman–Crippen MR) is 67.4 cm³/mol. The molecule has 0 atom stereocenters. The third kappa shape index (κ3) is 3.60. The third-order valence-electron chi connectivity index (χ3n) is 2.70. The maximum absolute atomic E-state index is 12.2. The first-order chi connectivity index (χ1) is 7.86. The van der Waals surface area contributed by atoms with Crippen LogP contribution in [0.25, 0.3) is 0 Å². The minimum atomic E-state index is -0.416. The number of aromatic nitrogens is 1. The monoisotopic (exact) mass is 238 g/mol. The zero-order valence-corrected chi connectivity index (χ0v) is 11.1. The number of carbonyl (C=O) groups is 1. The van der Waals surface area contributed by atoms with Crippen molar-refractivity contribution in [3.8, 4) is 0 Å². The normalized spacial score (nSPS) is 11.6. The number of nitrogens with zero attached hydrogens (tertiary/aromatic N) is 2. The average molecular weight is 238 g/mol. The summed E-state index contributed by atoms with van der Waals surface area (Å²) < 4.78 is 1.99. The van der Waals surface area contributed by atoms with E-state index in [9.17, 15) is 4.79 Å². The molecular weight excluding hydrogens is 216 g/mol. The van der Waals surface area contributed by atoms with Crippen LogP contribution >= 0.6 is 0 Å². The van der Waals surface area contributed by atoms with E-state index in [0.29, 0.717) is 13.1 Å². The summed E-state index contributed by atoms with van der Waals surface area (Å²) >= 11 is 0. The number of hydrogen-bond donors (Lipinski definition) is 1. The van der Waals surface area contributed by atoms with Gasteiger partial charge in [0, 0.05) is 30.9 Å². The second-order valence-electron chi connectivity index (χ2n) is 5.31. The summed E-state index contributed by atoms with van der Waals surface area (Å²) in [5, 5.41) is 9.05. The molecule has 1 rings (SSSR count). The number of aliphatic hydroxyl groups excluding tert-OH is 1. The van der Waals surface area contributed by atoms with Crippen molar-refractivity contribution < 1.29 is 9.90 Å². The molecule has 0 unspecified atom stereocenters. The van der Waals surface area contributed by atoms with Gasteiger partial charge in [0.15, 0.2) is 0 Å². The van der Waals surface area contributed by atoms with Crippen LogP contribution < -0.4 is 0 Å². The molecule has 0 bridgehead atoms. The number of rotatable bonds is 4. The van der Waals surface area contributed by atoms with Crippen LogP contribution in [-0.4, -0.2) is 33.6 Å². The first kappa shape index (κ1) is 13.8. The van der Waals surface area contributed by atoms with Crippen LogP contribution in [-0.2, 0) is 18.4 Å². The Bertz CT molecular complexity index is 377. The standard InChI is InChI=1S/C13H22N2O2/c1-13(2,3)12(17)15(8-9-16)10-11-6-5-7-14(11)4/h5-7,16H,8-10H2,1-4H3. The second-order valence-corrected chi connectivity index (χ2v) is 5.31. The first-order valence-electron chi connectivity index (χ1n) is 5.86. The molecule has 0 aliphatic rings. The molecule has 4 heteroatoms. The Hall–Kier alpha value is -1.29. The molecule has 1 amide bonds. The molecule has 0 aliphatic heterocycles. The van der Waals surface area contributed by atoms with Crippen molar-refractivity contribution in [2.24, 2.45) is 12.5 Å². The quantitative estimate of drug-likeness (QED) is 0.861. The summed E-state index contributed by atoms with van der Waals surface area (Å²) in [5.74, 6) is 0.0627. The highest BCUT2D eigenvalue weighted by Crippen LogP contribution is 2.19. The van der Waals surface area contributed by atoms with Gasteiger partial charge in [0.1, 0.15) is 0 Å². The first-order valence-corrected chi connectivity index (χ1v) is 5.86. The van der Waals surface area contributed by atoms with E-state index in [1.807, 2.05) is 50.7 Å². The molecule has 1 N–H and O–H groups in total. The Balaban J connectivity index is 2.80. The SMILES string of the molecule is Cn1cccc1CN(CCO)C(=O)C(C)(C)C. The Labute approximate surface area is 103 Å². The van der Waals surface area contributed by atoms with Gasteiger partial charge in [-0.1, -0.05) is 20.8 Å². The lowest BCUT2D eigenvalue weighted by molar-refractivity contribution is -0.140. The van der Waals surface area contributed by atoms with E-state index in [0.717, 1.165) is 5.69 Å². The predicted octanol–water partition coefficient (Wildman–Crippen LogP) is 1.39. The van der Waals surface area contributed by atoms with E-state index in [1.54, 1.807) is 4.90 Å². The van der Waals surface area contributed by atoms with Crippen LogP contribution in [0.4, 0.5) is 0 Å². The molecule has 0 saturated carbocycles. The number of carbonyl (C=O) groups excluding carboxylic acids is 1. The van der Waals surface area contributed by atoms with Gasteiger partial charge in [-0.3, -0.25) is 4.79 Å². The van der Waals surface area contributed by atoms with Crippen molar-refractivity contribution in [1.82, 2.24) is 9.47 Å². The lowest BCUT2D eigenvalue weighted by Gasteiger charge is -2.29. The third-order valence-corrected chi connectivity index (χ3v) is 2.70. The summed E-state index contributed by atoms with van der Waals surface area (Å²) in [5.41, 5.74) is 0.649. The van der Waals surface area contributed by atoms with Gasteiger partial charge in [-0.05, 0) is 12.1 Å². The molecule has 0 radical (unpaired) electrons. The largest absolute Gasteiger partial charge is 0.395 e. The van der Waals surface area contributed by atoms with Crippen molar-refractivity contribution in [1.29, 1.82) is 0 Å². The summed E-state index contributed by atoms with van der Waals surface area (Å²) in [6, 6.07) is 3.94. The molecule has 0 saturated heterocycles. The summed E-state index contributed by atoms with van der Waals surface area (Å²) in [6.07, 6.45) is 1.95. The maximum atomic E-state index is 12.2. The van der Waals surface area contributed by atoms with Gasteiger partial charge < -0.3 is 14.6 Å². The number of aliphatic hydroxyl groups is 1. The van der Waals surface area contributed by atoms with Crippen LogP contribution in [0.1, 0.15) is 26.5 Å². The summed E-state index contributed by atoms with van der Waals surface area (Å²) in [6.45, 7) is 6.59. The van der Waals surface area contributed by atoms with Crippen molar-refractivity contribution >= 4 is 5.91 Å². The smallest absolute Gasteiger partial charge is 0.228 e. The average Bonchev–Trinajstić information content (AvgIpc) is 2.61. The fourth-order valence-electron chi connectivity index (χ4n) is 1.70. The molecule has 4 nitrogen and oxygen atoms in total. The van der Waals surface area contributed by atoms with Gasteiger partial charge >= 0.3 is 0 Å². The molecule has 0 aromatic carbocycles. The lowest BCUT2D eigenvalue weighted by Crippen LogP contribution is -2.40. The molecule has 1 heterocycles. The molecule has 96 valence electrons. The summed E-state index contributed by atoms with van der Waals surface area (Å²) in [4.78, 5) is 13.9. The number of aryl methyl sites for hydroxylation is 1. The van der Waals surface area contributed by atoms with E-state index >= 15 is 0 Å². The molecule has 0 spiro atoms. The minimum absolute atomic E-state index is 0.00770. The highest BCUT2D eigenvalue weighted by atomic mass is 16.3. The van der Waals surface area contributed by atoms with E-state index < -0.39 is 5.41 Å². The fourth-order valence-corrected chi connectivity index (χ4v) is 1.70. The summed E-state index contributed by atoms with van der Waals surface area (Å²) in [7, 11) is 1.95. The maximum Gasteiger partial charge on any atom is 0.228 e. The van der Waals surface area contributed by atoms with Gasteiger partial charge in [-0.2, -0.15) is 0 Å². The highest BCUT2D eigenvalue weighted by molar-refractivity contribution is 5.81. The van der Waals surface area contributed by atoms with Crippen LogP contribution in [0.5, 0.6) is 0 Å². The Morgan fingerprint density at radius 2 is 2.12 bits per heavy atom. The molecule has 1 aromatic rings. The van der Waals surface area contributed by atoms with Crippen molar-refractivity contribution in [3.63, 3.8) is 0 Å². The van der Waals surface area contributed by atoms with E-state index in [1.165, 1.54) is 0 Å². The zero-order chi connectivity index (χ0) is 13.1.